The Morgan fingerprint density at radius 3 is 2.76 bits per heavy atom. The molecule has 0 aliphatic heterocycles. The first-order valence-corrected chi connectivity index (χ1v) is 8.58. The summed E-state index contributed by atoms with van der Waals surface area (Å²) < 4.78 is 5.50. The Bertz CT molecular complexity index is 449. The quantitative estimate of drug-likeness (QED) is 0.828. The van der Waals surface area contributed by atoms with Gasteiger partial charge in [0.2, 0.25) is 0 Å². The van der Waals surface area contributed by atoms with Crippen LogP contribution in [0.3, 0.4) is 0 Å². The van der Waals surface area contributed by atoms with Crippen molar-refractivity contribution in [3.8, 4) is 5.75 Å². The largest absolute Gasteiger partial charge is 0.496 e. The zero-order valence-corrected chi connectivity index (χ0v) is 14.0. The minimum Gasteiger partial charge on any atom is -0.496 e. The van der Waals surface area contributed by atoms with Crippen LogP contribution in [0.1, 0.15) is 44.6 Å². The van der Waals surface area contributed by atoms with E-state index in [0.717, 1.165) is 29.7 Å². The first-order chi connectivity index (χ1) is 10.2. The molecule has 3 heteroatoms. The van der Waals surface area contributed by atoms with Gasteiger partial charge in [0.15, 0.2) is 0 Å². The van der Waals surface area contributed by atoms with Crippen molar-refractivity contribution in [3.63, 3.8) is 0 Å². The van der Waals surface area contributed by atoms with Crippen LogP contribution >= 0.6 is 11.6 Å². The number of halogens is 1. The maximum absolute atomic E-state index is 6.16. The van der Waals surface area contributed by atoms with Gasteiger partial charge in [0.25, 0.3) is 0 Å². The molecule has 0 radical (unpaired) electrons. The van der Waals surface area contributed by atoms with Crippen molar-refractivity contribution in [2.24, 2.45) is 23.5 Å². The number of methoxy groups -OCH3 is 1. The van der Waals surface area contributed by atoms with E-state index >= 15 is 0 Å². The van der Waals surface area contributed by atoms with E-state index in [9.17, 15) is 0 Å². The second-order valence-corrected chi connectivity index (χ2v) is 6.82. The van der Waals surface area contributed by atoms with E-state index in [0.29, 0.717) is 11.8 Å². The Labute approximate surface area is 134 Å². The first kappa shape index (κ1) is 16.6. The van der Waals surface area contributed by atoms with Crippen molar-refractivity contribution in [3.05, 3.63) is 28.8 Å². The lowest BCUT2D eigenvalue weighted by molar-refractivity contribution is 0.175. The van der Waals surface area contributed by atoms with E-state index in [1.807, 2.05) is 12.1 Å². The van der Waals surface area contributed by atoms with Crippen molar-refractivity contribution in [1.82, 2.24) is 0 Å². The minimum atomic E-state index is 0.641. The molecule has 1 aromatic carbocycles. The normalized spacial score (nSPS) is 25.8. The molecule has 1 fully saturated rings. The van der Waals surface area contributed by atoms with E-state index in [4.69, 9.17) is 22.1 Å². The van der Waals surface area contributed by atoms with Crippen LogP contribution in [0.4, 0.5) is 0 Å². The SMILES string of the molecule is CCCC1CCC(CN)C(Cc2cc(Cl)ccc2OC)C1. The molecule has 0 bridgehead atoms. The van der Waals surface area contributed by atoms with E-state index in [1.165, 1.54) is 37.7 Å². The van der Waals surface area contributed by atoms with Gasteiger partial charge in [-0.05, 0) is 67.3 Å². The van der Waals surface area contributed by atoms with Crippen molar-refractivity contribution >= 4 is 11.6 Å². The van der Waals surface area contributed by atoms with Crippen LogP contribution < -0.4 is 10.5 Å². The monoisotopic (exact) mass is 309 g/mol. The lowest BCUT2D eigenvalue weighted by Crippen LogP contribution is -2.31. The van der Waals surface area contributed by atoms with Gasteiger partial charge in [-0.3, -0.25) is 0 Å². The lowest BCUT2D eigenvalue weighted by atomic mass is 9.70. The van der Waals surface area contributed by atoms with Crippen LogP contribution in [0.5, 0.6) is 5.75 Å². The standard InChI is InChI=1S/C18H28ClNO/c1-3-4-13-5-6-14(12-20)15(9-13)10-16-11-17(19)7-8-18(16)21-2/h7-8,11,13-15H,3-6,9-10,12,20H2,1-2H3. The smallest absolute Gasteiger partial charge is 0.122 e. The van der Waals surface area contributed by atoms with Crippen molar-refractivity contribution in [2.45, 2.75) is 45.4 Å². The summed E-state index contributed by atoms with van der Waals surface area (Å²) in [6.45, 7) is 3.08. The summed E-state index contributed by atoms with van der Waals surface area (Å²) in [4.78, 5) is 0. The third-order valence-corrected chi connectivity index (χ3v) is 5.21. The number of benzene rings is 1. The Kier molecular flexibility index (Phi) is 6.38. The van der Waals surface area contributed by atoms with Gasteiger partial charge < -0.3 is 10.5 Å². The molecular weight excluding hydrogens is 282 g/mol. The summed E-state index contributed by atoms with van der Waals surface area (Å²) >= 11 is 6.16. The molecule has 2 N–H and O–H groups in total. The number of nitrogens with two attached hydrogens (primary N) is 1. The summed E-state index contributed by atoms with van der Waals surface area (Å²) in [5.74, 6) is 3.12. The molecule has 2 nitrogen and oxygen atoms in total. The maximum atomic E-state index is 6.16. The van der Waals surface area contributed by atoms with Gasteiger partial charge in [-0.15, -0.1) is 0 Å². The molecule has 118 valence electrons. The number of rotatable bonds is 6. The van der Waals surface area contributed by atoms with E-state index < -0.39 is 0 Å². The average Bonchev–Trinajstić information content (AvgIpc) is 2.48. The Morgan fingerprint density at radius 1 is 1.29 bits per heavy atom. The van der Waals surface area contributed by atoms with Crippen LogP contribution in [-0.4, -0.2) is 13.7 Å². The van der Waals surface area contributed by atoms with Gasteiger partial charge in [0.1, 0.15) is 5.75 Å². The molecule has 3 unspecified atom stereocenters. The predicted octanol–water partition coefficient (Wildman–Crippen LogP) is 4.68. The summed E-state index contributed by atoms with van der Waals surface area (Å²) in [6.07, 6.45) is 7.58. The molecule has 21 heavy (non-hydrogen) atoms. The third-order valence-electron chi connectivity index (χ3n) is 4.97. The molecule has 0 saturated heterocycles. The summed E-state index contributed by atoms with van der Waals surface area (Å²) in [5.41, 5.74) is 7.24. The minimum absolute atomic E-state index is 0.641. The lowest BCUT2D eigenvalue weighted by Gasteiger charge is -2.36. The number of ether oxygens (including phenoxy) is 1. The second kappa shape index (κ2) is 8.05. The van der Waals surface area contributed by atoms with Gasteiger partial charge in [-0.1, -0.05) is 37.8 Å². The molecule has 1 aromatic rings. The molecule has 0 heterocycles. The fourth-order valence-corrected chi connectivity index (χ4v) is 4.04. The predicted molar refractivity (Wildman–Crippen MR) is 90.0 cm³/mol. The molecule has 0 aromatic heterocycles. The number of hydrogen-bond acceptors (Lipinski definition) is 2. The van der Waals surface area contributed by atoms with Crippen LogP contribution in [0.2, 0.25) is 5.02 Å². The topological polar surface area (TPSA) is 35.2 Å². The zero-order chi connectivity index (χ0) is 15.2. The highest BCUT2D eigenvalue weighted by molar-refractivity contribution is 6.30. The summed E-state index contributed by atoms with van der Waals surface area (Å²) in [6, 6.07) is 5.92. The highest BCUT2D eigenvalue weighted by atomic mass is 35.5. The Balaban J connectivity index is 2.12. The molecule has 0 spiro atoms. The van der Waals surface area contributed by atoms with Crippen LogP contribution in [0.25, 0.3) is 0 Å². The van der Waals surface area contributed by atoms with E-state index in [-0.39, 0.29) is 0 Å². The fourth-order valence-electron chi connectivity index (χ4n) is 3.84. The summed E-state index contributed by atoms with van der Waals surface area (Å²) in [7, 11) is 1.73. The number of hydrogen-bond donors (Lipinski definition) is 1. The molecule has 2 rings (SSSR count). The molecule has 1 aliphatic rings. The second-order valence-electron chi connectivity index (χ2n) is 6.38. The highest BCUT2D eigenvalue weighted by Crippen LogP contribution is 2.39. The van der Waals surface area contributed by atoms with Gasteiger partial charge >= 0.3 is 0 Å². The Morgan fingerprint density at radius 2 is 2.10 bits per heavy atom. The summed E-state index contributed by atoms with van der Waals surface area (Å²) in [5, 5.41) is 0.788. The van der Waals surface area contributed by atoms with Crippen LogP contribution in [0, 0.1) is 17.8 Å². The van der Waals surface area contributed by atoms with Gasteiger partial charge in [0.05, 0.1) is 7.11 Å². The van der Waals surface area contributed by atoms with E-state index in [1.54, 1.807) is 7.11 Å². The molecular formula is C18H28ClNO. The van der Waals surface area contributed by atoms with Gasteiger partial charge in [-0.2, -0.15) is 0 Å². The molecule has 1 aliphatic carbocycles. The van der Waals surface area contributed by atoms with Gasteiger partial charge in [-0.25, -0.2) is 0 Å². The first-order valence-electron chi connectivity index (χ1n) is 8.20. The van der Waals surface area contributed by atoms with Crippen molar-refractivity contribution in [1.29, 1.82) is 0 Å². The van der Waals surface area contributed by atoms with Crippen LogP contribution in [0.15, 0.2) is 18.2 Å². The fraction of sp³-hybridized carbons (Fsp3) is 0.667. The van der Waals surface area contributed by atoms with E-state index in [2.05, 4.69) is 13.0 Å². The molecule has 1 saturated carbocycles. The zero-order valence-electron chi connectivity index (χ0n) is 13.3. The third kappa shape index (κ3) is 4.37. The van der Waals surface area contributed by atoms with Crippen molar-refractivity contribution < 1.29 is 4.74 Å². The molecule has 0 amide bonds. The highest BCUT2D eigenvalue weighted by Gasteiger charge is 2.29. The van der Waals surface area contributed by atoms with Crippen LogP contribution in [-0.2, 0) is 6.42 Å². The van der Waals surface area contributed by atoms with Gasteiger partial charge in [0, 0.05) is 5.02 Å². The van der Waals surface area contributed by atoms with Crippen molar-refractivity contribution in [2.75, 3.05) is 13.7 Å². The average molecular weight is 310 g/mol. The maximum Gasteiger partial charge on any atom is 0.122 e. The molecule has 3 atom stereocenters. The Hall–Kier alpha value is -0.730.